The Bertz CT molecular complexity index is 1070. The molecule has 0 bridgehead atoms. The summed E-state index contributed by atoms with van der Waals surface area (Å²) in [6.45, 7) is 5.81. The lowest BCUT2D eigenvalue weighted by Crippen LogP contribution is -2.06. The molecule has 3 rings (SSSR count). The molecule has 3 aromatic rings. The van der Waals surface area contributed by atoms with Crippen LogP contribution in [0.25, 0.3) is 11.0 Å². The fraction of sp³-hybridized carbons (Fsp3) is 0.391. The molecule has 2 aromatic carbocycles. The molecule has 0 atom stereocenters. The third-order valence-electron chi connectivity index (χ3n) is 4.72. The normalized spacial score (nSPS) is 11.8. The number of fused-ring (bicyclic) bond motifs is 1. The van der Waals surface area contributed by atoms with E-state index >= 15 is 0 Å². The molecule has 0 amide bonds. The summed E-state index contributed by atoms with van der Waals surface area (Å²) >= 11 is 1.36. The number of hydrogen-bond donors (Lipinski definition) is 0. The molecule has 1 aromatic heterocycles. The van der Waals surface area contributed by atoms with Crippen molar-refractivity contribution in [3.05, 3.63) is 59.2 Å². The van der Waals surface area contributed by atoms with Crippen LogP contribution in [-0.2, 0) is 27.9 Å². The second-order valence-electron chi connectivity index (χ2n) is 7.01. The summed E-state index contributed by atoms with van der Waals surface area (Å²) in [5, 5.41) is 0.676. The standard InChI is InChI=1S/C23H25F3N2O3S/c1-3-30-12-6-11-28-20-10-9-17(21(29)31-4-2)14-19(20)27-22(28)32-15-16-7-5-8-18(13-16)23(24,25)26/h5,7-10,13-14H,3-4,6,11-12,15H2,1-2H3. The molecular weight excluding hydrogens is 441 g/mol. The number of imidazole rings is 1. The molecule has 1 heterocycles. The highest BCUT2D eigenvalue weighted by Crippen LogP contribution is 2.32. The second-order valence-corrected chi connectivity index (χ2v) is 7.95. The van der Waals surface area contributed by atoms with Crippen LogP contribution in [0.3, 0.4) is 0 Å². The first-order valence-corrected chi connectivity index (χ1v) is 11.4. The average Bonchev–Trinajstić information content (AvgIpc) is 3.11. The molecule has 0 saturated carbocycles. The van der Waals surface area contributed by atoms with E-state index in [0.717, 1.165) is 24.1 Å². The Labute approximate surface area is 188 Å². The van der Waals surface area contributed by atoms with Gasteiger partial charge in [0.1, 0.15) is 0 Å². The Morgan fingerprint density at radius 1 is 1.12 bits per heavy atom. The van der Waals surface area contributed by atoms with Crippen molar-refractivity contribution < 1.29 is 27.4 Å². The van der Waals surface area contributed by atoms with E-state index < -0.39 is 17.7 Å². The van der Waals surface area contributed by atoms with Gasteiger partial charge in [-0.3, -0.25) is 0 Å². The van der Waals surface area contributed by atoms with Gasteiger partial charge in [0.05, 0.1) is 28.8 Å². The van der Waals surface area contributed by atoms with E-state index in [9.17, 15) is 18.0 Å². The van der Waals surface area contributed by atoms with Crippen LogP contribution < -0.4 is 0 Å². The Kier molecular flexibility index (Phi) is 8.20. The van der Waals surface area contributed by atoms with Gasteiger partial charge >= 0.3 is 12.1 Å². The monoisotopic (exact) mass is 466 g/mol. The highest BCUT2D eigenvalue weighted by molar-refractivity contribution is 7.98. The number of ether oxygens (including phenoxy) is 2. The molecule has 0 aliphatic rings. The van der Waals surface area contributed by atoms with Gasteiger partial charge in [0.2, 0.25) is 0 Å². The number of rotatable bonds is 10. The minimum Gasteiger partial charge on any atom is -0.462 e. The molecule has 172 valence electrons. The molecule has 0 N–H and O–H groups in total. The van der Waals surface area contributed by atoms with Crippen LogP contribution in [0.5, 0.6) is 0 Å². The van der Waals surface area contributed by atoms with E-state index in [-0.39, 0.29) is 6.61 Å². The first kappa shape index (κ1) is 24.1. The number of thioether (sulfide) groups is 1. The fourth-order valence-electron chi connectivity index (χ4n) is 3.23. The third kappa shape index (κ3) is 6.04. The maximum absolute atomic E-state index is 13.0. The average molecular weight is 467 g/mol. The van der Waals surface area contributed by atoms with Crippen molar-refractivity contribution in [3.63, 3.8) is 0 Å². The molecule has 0 unspecified atom stereocenters. The highest BCUT2D eigenvalue weighted by atomic mass is 32.2. The van der Waals surface area contributed by atoms with Crippen LogP contribution in [0.4, 0.5) is 13.2 Å². The number of esters is 1. The summed E-state index contributed by atoms with van der Waals surface area (Å²) < 4.78 is 51.6. The molecule has 0 fully saturated rings. The topological polar surface area (TPSA) is 53.4 Å². The van der Waals surface area contributed by atoms with Crippen LogP contribution in [0.15, 0.2) is 47.6 Å². The number of carbonyl (C=O) groups is 1. The molecule has 5 nitrogen and oxygen atoms in total. The summed E-state index contributed by atoms with van der Waals surface area (Å²) in [6.07, 6.45) is -3.62. The number of nitrogens with zero attached hydrogens (tertiary/aromatic N) is 2. The van der Waals surface area contributed by atoms with Crippen molar-refractivity contribution in [1.82, 2.24) is 9.55 Å². The molecule has 0 saturated heterocycles. The number of aryl methyl sites for hydroxylation is 1. The molecule has 0 aliphatic carbocycles. The Balaban J connectivity index is 1.87. The van der Waals surface area contributed by atoms with E-state index in [4.69, 9.17) is 9.47 Å². The van der Waals surface area contributed by atoms with E-state index in [0.29, 0.717) is 47.3 Å². The zero-order valence-corrected chi connectivity index (χ0v) is 18.8. The van der Waals surface area contributed by atoms with Crippen molar-refractivity contribution in [2.45, 2.75) is 43.9 Å². The Morgan fingerprint density at radius 2 is 1.94 bits per heavy atom. The lowest BCUT2D eigenvalue weighted by molar-refractivity contribution is -0.137. The van der Waals surface area contributed by atoms with Gasteiger partial charge in [-0.15, -0.1) is 0 Å². The quantitative estimate of drug-likeness (QED) is 0.210. The number of carbonyl (C=O) groups excluding carboxylic acids is 1. The van der Waals surface area contributed by atoms with Crippen LogP contribution in [0.1, 0.15) is 41.8 Å². The Morgan fingerprint density at radius 3 is 2.66 bits per heavy atom. The largest absolute Gasteiger partial charge is 0.462 e. The smallest absolute Gasteiger partial charge is 0.416 e. The predicted octanol–water partition coefficient (Wildman–Crippen LogP) is 5.95. The summed E-state index contributed by atoms with van der Waals surface area (Å²) in [7, 11) is 0. The predicted molar refractivity (Wildman–Crippen MR) is 118 cm³/mol. The fourth-order valence-corrected chi connectivity index (χ4v) is 4.21. The van der Waals surface area contributed by atoms with Crippen molar-refractivity contribution in [2.24, 2.45) is 0 Å². The van der Waals surface area contributed by atoms with Crippen molar-refractivity contribution in [1.29, 1.82) is 0 Å². The SMILES string of the molecule is CCOCCCn1c(SCc2cccc(C(F)(F)F)c2)nc2cc(C(=O)OCC)ccc21. The molecule has 32 heavy (non-hydrogen) atoms. The van der Waals surface area contributed by atoms with E-state index in [2.05, 4.69) is 4.98 Å². The second kappa shape index (κ2) is 10.9. The lowest BCUT2D eigenvalue weighted by Gasteiger charge is -2.10. The van der Waals surface area contributed by atoms with Gasteiger partial charge in [-0.1, -0.05) is 30.0 Å². The van der Waals surface area contributed by atoms with E-state index in [1.807, 2.05) is 17.6 Å². The number of hydrogen-bond acceptors (Lipinski definition) is 5. The van der Waals surface area contributed by atoms with Gasteiger partial charge in [0.25, 0.3) is 0 Å². The van der Waals surface area contributed by atoms with Crippen LogP contribution in [-0.4, -0.2) is 35.3 Å². The van der Waals surface area contributed by atoms with Crippen molar-refractivity contribution in [2.75, 3.05) is 19.8 Å². The van der Waals surface area contributed by atoms with Crippen molar-refractivity contribution in [3.8, 4) is 0 Å². The summed E-state index contributed by atoms with van der Waals surface area (Å²) in [5.41, 5.74) is 1.79. The zero-order valence-electron chi connectivity index (χ0n) is 17.9. The first-order valence-electron chi connectivity index (χ1n) is 10.4. The number of aromatic nitrogens is 2. The summed E-state index contributed by atoms with van der Waals surface area (Å²) in [4.78, 5) is 16.7. The van der Waals surface area contributed by atoms with Gasteiger partial charge < -0.3 is 14.0 Å². The number of alkyl halides is 3. The molecular formula is C23H25F3N2O3S. The van der Waals surface area contributed by atoms with Gasteiger partial charge in [-0.25, -0.2) is 9.78 Å². The number of benzene rings is 2. The van der Waals surface area contributed by atoms with Gasteiger partial charge in [-0.2, -0.15) is 13.2 Å². The third-order valence-corrected chi connectivity index (χ3v) is 5.77. The molecule has 0 spiro atoms. The van der Waals surface area contributed by atoms with Crippen LogP contribution in [0.2, 0.25) is 0 Å². The minimum absolute atomic E-state index is 0.279. The minimum atomic E-state index is -4.38. The highest BCUT2D eigenvalue weighted by Gasteiger charge is 2.30. The Hall–Kier alpha value is -2.52. The van der Waals surface area contributed by atoms with E-state index in [1.54, 1.807) is 25.1 Å². The maximum Gasteiger partial charge on any atom is 0.416 e. The molecule has 0 aliphatic heterocycles. The van der Waals surface area contributed by atoms with Gasteiger partial charge in [0, 0.05) is 25.5 Å². The van der Waals surface area contributed by atoms with E-state index in [1.165, 1.54) is 17.8 Å². The summed E-state index contributed by atoms with van der Waals surface area (Å²) in [5.74, 6) is -0.0813. The van der Waals surface area contributed by atoms with Crippen LogP contribution >= 0.6 is 11.8 Å². The molecule has 9 heteroatoms. The van der Waals surface area contributed by atoms with Gasteiger partial charge in [-0.05, 0) is 50.1 Å². The molecule has 0 radical (unpaired) electrons. The lowest BCUT2D eigenvalue weighted by atomic mass is 10.1. The van der Waals surface area contributed by atoms with Crippen LogP contribution in [0, 0.1) is 0 Å². The summed E-state index contributed by atoms with van der Waals surface area (Å²) in [6, 6.07) is 10.5. The zero-order chi connectivity index (χ0) is 23.1. The van der Waals surface area contributed by atoms with Crippen molar-refractivity contribution >= 4 is 28.8 Å². The number of halogens is 3. The first-order chi connectivity index (χ1) is 15.3. The maximum atomic E-state index is 13.0. The van der Waals surface area contributed by atoms with Gasteiger partial charge in [0.15, 0.2) is 5.16 Å².